The molecule has 0 radical (unpaired) electrons. The van der Waals surface area contributed by atoms with E-state index < -0.39 is 11.7 Å². The first-order chi connectivity index (χ1) is 16.1. The summed E-state index contributed by atoms with van der Waals surface area (Å²) in [5.74, 6) is 1.44. The fourth-order valence-electron chi connectivity index (χ4n) is 4.40. The van der Waals surface area contributed by atoms with Crippen LogP contribution in [0.15, 0.2) is 42.5 Å². The number of anilines is 2. The topological polar surface area (TPSA) is 50.3 Å². The Labute approximate surface area is 198 Å². The van der Waals surface area contributed by atoms with Gasteiger partial charge in [-0.3, -0.25) is 4.90 Å². The molecule has 0 aliphatic carbocycles. The molecular formula is C26H31F3N4O. The van der Waals surface area contributed by atoms with Gasteiger partial charge in [-0.1, -0.05) is 26.0 Å². The van der Waals surface area contributed by atoms with E-state index in [1.807, 2.05) is 26.0 Å². The minimum atomic E-state index is -4.44. The quantitative estimate of drug-likeness (QED) is 0.443. The van der Waals surface area contributed by atoms with Crippen LogP contribution in [0.25, 0.3) is 10.9 Å². The summed E-state index contributed by atoms with van der Waals surface area (Å²) in [5.41, 5.74) is 1.62. The van der Waals surface area contributed by atoms with Gasteiger partial charge in [-0.15, -0.1) is 0 Å². The lowest BCUT2D eigenvalue weighted by Gasteiger charge is -2.34. The number of hydrogen-bond acceptors (Lipinski definition) is 5. The molecule has 1 fully saturated rings. The Kier molecular flexibility index (Phi) is 7.09. The van der Waals surface area contributed by atoms with Crippen LogP contribution < -0.4 is 5.32 Å². The number of fused-ring (bicyclic) bond motifs is 1. The summed E-state index contributed by atoms with van der Waals surface area (Å²) in [4.78, 5) is 11.4. The minimum absolute atomic E-state index is 0.0719. The molecule has 34 heavy (non-hydrogen) atoms. The van der Waals surface area contributed by atoms with Gasteiger partial charge < -0.3 is 10.1 Å². The summed E-state index contributed by atoms with van der Waals surface area (Å²) in [6.07, 6.45) is -3.24. The second-order valence-corrected chi connectivity index (χ2v) is 9.23. The number of rotatable bonds is 6. The zero-order chi connectivity index (χ0) is 24.5. The van der Waals surface area contributed by atoms with E-state index in [0.29, 0.717) is 42.6 Å². The first-order valence-electron chi connectivity index (χ1n) is 11.7. The summed E-state index contributed by atoms with van der Waals surface area (Å²) in [5, 5.41) is 3.86. The maximum Gasteiger partial charge on any atom is 0.416 e. The minimum Gasteiger partial charge on any atom is -0.373 e. The molecule has 0 spiro atoms. The number of morpholine rings is 1. The Balaban J connectivity index is 1.69. The average Bonchev–Trinajstić information content (AvgIpc) is 2.77. The Morgan fingerprint density at radius 2 is 1.74 bits per heavy atom. The normalized spacial score (nSPS) is 20.4. The first kappa shape index (κ1) is 24.4. The Bertz CT molecular complexity index is 1120. The van der Waals surface area contributed by atoms with Crippen LogP contribution in [0, 0.1) is 0 Å². The van der Waals surface area contributed by atoms with E-state index in [1.165, 1.54) is 11.6 Å². The molecular weight excluding hydrogens is 441 g/mol. The van der Waals surface area contributed by atoms with E-state index in [-0.39, 0.29) is 17.7 Å². The van der Waals surface area contributed by atoms with Gasteiger partial charge in [-0.25, -0.2) is 9.97 Å². The summed E-state index contributed by atoms with van der Waals surface area (Å²) >= 11 is 0. The summed E-state index contributed by atoms with van der Waals surface area (Å²) in [6.45, 7) is 10.2. The van der Waals surface area contributed by atoms with Crippen molar-refractivity contribution in [2.75, 3.05) is 18.4 Å². The van der Waals surface area contributed by atoms with Gasteiger partial charge in [0.15, 0.2) is 0 Å². The number of aromatic nitrogens is 2. The number of nitrogens with one attached hydrogen (secondary N) is 1. The number of alkyl halides is 3. The molecule has 1 unspecified atom stereocenters. The van der Waals surface area contributed by atoms with Crippen LogP contribution >= 0.6 is 0 Å². The van der Waals surface area contributed by atoms with Gasteiger partial charge in [0.05, 0.1) is 29.8 Å². The third-order valence-corrected chi connectivity index (χ3v) is 6.29. The Morgan fingerprint density at radius 1 is 1.06 bits per heavy atom. The molecule has 1 aliphatic rings. The monoisotopic (exact) mass is 472 g/mol. The maximum absolute atomic E-state index is 13.4. The van der Waals surface area contributed by atoms with Gasteiger partial charge in [0.25, 0.3) is 0 Å². The predicted octanol–water partition coefficient (Wildman–Crippen LogP) is 6.51. The second kappa shape index (κ2) is 9.88. The molecule has 1 aromatic heterocycles. The van der Waals surface area contributed by atoms with Gasteiger partial charge >= 0.3 is 6.18 Å². The van der Waals surface area contributed by atoms with Crippen molar-refractivity contribution in [2.24, 2.45) is 0 Å². The van der Waals surface area contributed by atoms with Gasteiger partial charge in [-0.2, -0.15) is 13.2 Å². The molecule has 8 heteroatoms. The zero-order valence-electron chi connectivity index (χ0n) is 20.0. The van der Waals surface area contributed by atoms with Crippen LogP contribution in [-0.4, -0.2) is 40.2 Å². The molecule has 0 bridgehead atoms. The highest BCUT2D eigenvalue weighted by molar-refractivity contribution is 5.91. The van der Waals surface area contributed by atoms with Gasteiger partial charge in [0.1, 0.15) is 11.6 Å². The molecule has 2 aromatic carbocycles. The van der Waals surface area contributed by atoms with Crippen LogP contribution in [0.4, 0.5) is 24.7 Å². The second-order valence-electron chi connectivity index (χ2n) is 9.23. The van der Waals surface area contributed by atoms with Crippen molar-refractivity contribution in [3.8, 4) is 0 Å². The zero-order valence-corrected chi connectivity index (χ0v) is 20.0. The fraction of sp³-hybridized carbons (Fsp3) is 0.462. The summed E-state index contributed by atoms with van der Waals surface area (Å²) in [7, 11) is 0. The lowest BCUT2D eigenvalue weighted by Crippen LogP contribution is -2.45. The molecule has 1 N–H and O–H groups in total. The first-order valence-corrected chi connectivity index (χ1v) is 11.7. The molecule has 0 saturated carbocycles. The van der Waals surface area contributed by atoms with E-state index in [0.717, 1.165) is 24.2 Å². The summed E-state index contributed by atoms with van der Waals surface area (Å²) < 4.78 is 45.9. The van der Waals surface area contributed by atoms with Crippen molar-refractivity contribution in [1.29, 1.82) is 0 Å². The van der Waals surface area contributed by atoms with Crippen LogP contribution in [0.1, 0.15) is 57.0 Å². The lowest BCUT2D eigenvalue weighted by molar-refractivity contribution is -0.137. The molecule has 1 aliphatic heterocycles. The van der Waals surface area contributed by atoms with E-state index in [9.17, 15) is 13.2 Å². The number of nitrogens with zero attached hydrogens (tertiary/aromatic N) is 3. The van der Waals surface area contributed by atoms with Crippen LogP contribution in [0.5, 0.6) is 0 Å². The van der Waals surface area contributed by atoms with Crippen molar-refractivity contribution < 1.29 is 17.9 Å². The average molecular weight is 473 g/mol. The predicted molar refractivity (Wildman–Crippen MR) is 128 cm³/mol. The number of halogens is 3. The molecule has 182 valence electrons. The van der Waals surface area contributed by atoms with E-state index in [4.69, 9.17) is 9.72 Å². The highest BCUT2D eigenvalue weighted by Crippen LogP contribution is 2.33. The molecule has 3 aromatic rings. The Morgan fingerprint density at radius 3 is 2.35 bits per heavy atom. The molecule has 4 rings (SSSR count). The van der Waals surface area contributed by atoms with Gasteiger partial charge in [0, 0.05) is 24.2 Å². The molecule has 2 heterocycles. The van der Waals surface area contributed by atoms with Crippen molar-refractivity contribution in [1.82, 2.24) is 14.9 Å². The molecule has 1 saturated heterocycles. The highest BCUT2D eigenvalue weighted by atomic mass is 19.4. The van der Waals surface area contributed by atoms with Crippen molar-refractivity contribution in [2.45, 2.75) is 65.0 Å². The van der Waals surface area contributed by atoms with Crippen LogP contribution in [0.3, 0.4) is 0 Å². The fourth-order valence-corrected chi connectivity index (χ4v) is 4.40. The molecule has 0 amide bonds. The van der Waals surface area contributed by atoms with E-state index in [2.05, 4.69) is 41.2 Å². The van der Waals surface area contributed by atoms with Gasteiger partial charge in [-0.05, 0) is 62.1 Å². The van der Waals surface area contributed by atoms with Crippen molar-refractivity contribution in [3.05, 3.63) is 59.4 Å². The Hall–Kier alpha value is -2.71. The van der Waals surface area contributed by atoms with Gasteiger partial charge in [0.2, 0.25) is 0 Å². The third kappa shape index (κ3) is 5.67. The number of benzene rings is 2. The lowest BCUT2D eigenvalue weighted by atomic mass is 9.99. The smallest absolute Gasteiger partial charge is 0.373 e. The summed E-state index contributed by atoms with van der Waals surface area (Å²) in [6, 6.07) is 11.7. The van der Waals surface area contributed by atoms with Crippen LogP contribution in [-0.2, 0) is 17.5 Å². The highest BCUT2D eigenvalue weighted by Gasteiger charge is 2.31. The number of hydrogen-bond donors (Lipinski definition) is 1. The maximum atomic E-state index is 13.4. The van der Waals surface area contributed by atoms with Crippen LogP contribution in [0.2, 0.25) is 0 Å². The van der Waals surface area contributed by atoms with E-state index in [1.54, 1.807) is 0 Å². The largest absolute Gasteiger partial charge is 0.416 e. The molecule has 3 atom stereocenters. The third-order valence-electron chi connectivity index (χ3n) is 6.29. The standard InChI is InChI=1S/C26H31F3N4O/c1-5-16(2)19-6-9-21(10-7-19)30-25-22-11-8-20(26(27,28)29)12-23(22)31-24(32-25)15-33-13-17(3)34-18(4)14-33/h6-12,16-18H,5,13-15H2,1-4H3,(H,30,31,32)/t16?,17-,18+. The SMILES string of the molecule is CCC(C)c1ccc(Nc2nc(CN3C[C@@H](C)O[C@@H](C)C3)nc3cc(C(F)(F)F)ccc23)cc1. The van der Waals surface area contributed by atoms with Crippen molar-refractivity contribution in [3.63, 3.8) is 0 Å². The number of ether oxygens (including phenoxy) is 1. The van der Waals surface area contributed by atoms with E-state index >= 15 is 0 Å². The molecule has 5 nitrogen and oxygen atoms in total. The van der Waals surface area contributed by atoms with Crippen molar-refractivity contribution >= 4 is 22.4 Å².